The van der Waals surface area contributed by atoms with Crippen molar-refractivity contribution in [3.63, 3.8) is 0 Å². The summed E-state index contributed by atoms with van der Waals surface area (Å²) in [6.07, 6.45) is -3.77. The molecule has 8 heteroatoms. The van der Waals surface area contributed by atoms with Crippen molar-refractivity contribution < 1.29 is 22.8 Å². The number of rotatable bonds is 7. The molecule has 1 aliphatic heterocycles. The quantitative estimate of drug-likeness (QED) is 0.324. The minimum Gasteiger partial charge on any atom is -0.350 e. The monoisotopic (exact) mass is 531 g/mol. The van der Waals surface area contributed by atoms with Crippen molar-refractivity contribution in [3.8, 4) is 11.1 Å². The molecule has 2 amide bonds. The van der Waals surface area contributed by atoms with Crippen LogP contribution in [0.4, 0.5) is 13.2 Å². The average molecular weight is 532 g/mol. The van der Waals surface area contributed by atoms with E-state index in [2.05, 4.69) is 58.0 Å². The van der Waals surface area contributed by atoms with E-state index >= 15 is 0 Å². The number of nitrogens with zero attached hydrogens (tertiary/aromatic N) is 1. The standard InChI is InChI=1S/C31H28F3N3O2/c32-31(33,34)26-10-5-9-24(17-26)30(39)35-18-29(38)36-27-14-15-37(20-27)19-25-8-3-4-11-28(25)23-13-12-21-6-1-2-7-22(21)16-23/h1-13,16-17,27H,14-15,18-20H2,(H,35,39)(H,36,38)/t27-/m1/s1. The second-order valence-corrected chi connectivity index (χ2v) is 9.77. The van der Waals surface area contributed by atoms with E-state index < -0.39 is 17.6 Å². The molecule has 5 nitrogen and oxygen atoms in total. The molecule has 4 aromatic rings. The van der Waals surface area contributed by atoms with Crippen LogP contribution in [-0.2, 0) is 17.5 Å². The molecule has 0 aromatic heterocycles. The number of likely N-dealkylation sites (tertiary alicyclic amines) is 1. The molecule has 0 bridgehead atoms. The molecule has 1 heterocycles. The number of halogens is 3. The number of benzene rings is 4. The molecule has 0 unspecified atom stereocenters. The van der Waals surface area contributed by atoms with Gasteiger partial charge in [-0.25, -0.2) is 0 Å². The summed E-state index contributed by atoms with van der Waals surface area (Å²) >= 11 is 0. The van der Waals surface area contributed by atoms with Gasteiger partial charge in [0, 0.05) is 31.2 Å². The van der Waals surface area contributed by atoms with Crippen molar-refractivity contribution in [1.82, 2.24) is 15.5 Å². The van der Waals surface area contributed by atoms with Crippen molar-refractivity contribution in [3.05, 3.63) is 108 Å². The number of hydrogen-bond acceptors (Lipinski definition) is 3. The third-order valence-electron chi connectivity index (χ3n) is 6.97. The van der Waals surface area contributed by atoms with Crippen LogP contribution in [0.2, 0.25) is 0 Å². The Bertz CT molecular complexity index is 1500. The zero-order valence-corrected chi connectivity index (χ0v) is 21.2. The van der Waals surface area contributed by atoms with Gasteiger partial charge in [0.25, 0.3) is 5.91 Å². The van der Waals surface area contributed by atoms with Gasteiger partial charge in [0.05, 0.1) is 12.1 Å². The summed E-state index contributed by atoms with van der Waals surface area (Å²) < 4.78 is 38.7. The van der Waals surface area contributed by atoms with Gasteiger partial charge in [-0.3, -0.25) is 14.5 Å². The molecule has 0 radical (unpaired) electrons. The Balaban J connectivity index is 1.15. The minimum absolute atomic E-state index is 0.0733. The molecule has 39 heavy (non-hydrogen) atoms. The Labute approximate surface area is 224 Å². The predicted molar refractivity (Wildman–Crippen MR) is 145 cm³/mol. The Morgan fingerprint density at radius 1 is 0.872 bits per heavy atom. The lowest BCUT2D eigenvalue weighted by molar-refractivity contribution is -0.137. The van der Waals surface area contributed by atoms with Crippen molar-refractivity contribution in [2.45, 2.75) is 25.2 Å². The van der Waals surface area contributed by atoms with Gasteiger partial charge in [-0.15, -0.1) is 0 Å². The molecule has 0 aliphatic carbocycles. The van der Waals surface area contributed by atoms with Crippen LogP contribution in [0.25, 0.3) is 21.9 Å². The summed E-state index contributed by atoms with van der Waals surface area (Å²) in [6.45, 7) is 1.91. The molecule has 0 saturated carbocycles. The van der Waals surface area contributed by atoms with Gasteiger partial charge < -0.3 is 10.6 Å². The second kappa shape index (κ2) is 11.3. The molecule has 1 fully saturated rings. The SMILES string of the molecule is O=C(CNC(=O)c1cccc(C(F)(F)F)c1)N[C@@H]1CCN(Cc2ccccc2-c2ccc3ccccc3c2)C1. The second-order valence-electron chi connectivity index (χ2n) is 9.77. The molecule has 200 valence electrons. The summed E-state index contributed by atoms with van der Waals surface area (Å²) in [5.41, 5.74) is 2.48. The largest absolute Gasteiger partial charge is 0.416 e. The first-order valence-electron chi connectivity index (χ1n) is 12.8. The molecule has 1 saturated heterocycles. The maximum absolute atomic E-state index is 12.9. The lowest BCUT2D eigenvalue weighted by atomic mass is 9.97. The smallest absolute Gasteiger partial charge is 0.350 e. The van der Waals surface area contributed by atoms with E-state index in [-0.39, 0.29) is 24.1 Å². The average Bonchev–Trinajstić information content (AvgIpc) is 3.37. The molecular weight excluding hydrogens is 503 g/mol. The van der Waals surface area contributed by atoms with E-state index in [0.717, 1.165) is 37.2 Å². The number of carbonyl (C=O) groups is 2. The van der Waals surface area contributed by atoms with Crippen LogP contribution in [-0.4, -0.2) is 42.4 Å². The van der Waals surface area contributed by atoms with Gasteiger partial charge in [0.1, 0.15) is 0 Å². The van der Waals surface area contributed by atoms with Crippen molar-refractivity contribution >= 4 is 22.6 Å². The van der Waals surface area contributed by atoms with Gasteiger partial charge in [0.2, 0.25) is 5.91 Å². The van der Waals surface area contributed by atoms with Crippen LogP contribution in [0.5, 0.6) is 0 Å². The molecule has 4 aromatic carbocycles. The fourth-order valence-electron chi connectivity index (χ4n) is 5.01. The number of nitrogens with one attached hydrogen (secondary N) is 2. The highest BCUT2D eigenvalue weighted by molar-refractivity contribution is 5.96. The fourth-order valence-corrected chi connectivity index (χ4v) is 5.01. The van der Waals surface area contributed by atoms with Crippen LogP contribution < -0.4 is 10.6 Å². The van der Waals surface area contributed by atoms with Gasteiger partial charge >= 0.3 is 6.18 Å². The molecular formula is C31H28F3N3O2. The van der Waals surface area contributed by atoms with Gasteiger partial charge in [-0.2, -0.15) is 13.2 Å². The number of fused-ring (bicyclic) bond motifs is 1. The normalized spacial score (nSPS) is 15.8. The topological polar surface area (TPSA) is 61.4 Å². The predicted octanol–water partition coefficient (Wildman–Crippen LogP) is 5.65. The molecule has 1 atom stereocenters. The third kappa shape index (κ3) is 6.46. The highest BCUT2D eigenvalue weighted by atomic mass is 19.4. The molecule has 0 spiro atoms. The maximum Gasteiger partial charge on any atom is 0.416 e. The van der Waals surface area contributed by atoms with Crippen LogP contribution >= 0.6 is 0 Å². The maximum atomic E-state index is 12.9. The van der Waals surface area contributed by atoms with E-state index in [0.29, 0.717) is 6.54 Å². The zero-order chi connectivity index (χ0) is 27.4. The summed E-state index contributed by atoms with van der Waals surface area (Å²) in [5, 5.41) is 7.72. The highest BCUT2D eigenvalue weighted by Gasteiger charge is 2.31. The summed E-state index contributed by atoms with van der Waals surface area (Å²) in [4.78, 5) is 27.0. The third-order valence-corrected chi connectivity index (χ3v) is 6.97. The summed E-state index contributed by atoms with van der Waals surface area (Å²) in [7, 11) is 0. The van der Waals surface area contributed by atoms with E-state index in [1.54, 1.807) is 0 Å². The van der Waals surface area contributed by atoms with Crippen LogP contribution in [0.15, 0.2) is 91.0 Å². The lowest BCUT2D eigenvalue weighted by Crippen LogP contribution is -2.43. The van der Waals surface area contributed by atoms with E-state index in [4.69, 9.17) is 0 Å². The Kier molecular flexibility index (Phi) is 7.65. The zero-order valence-electron chi connectivity index (χ0n) is 21.2. The van der Waals surface area contributed by atoms with Crippen LogP contribution in [0, 0.1) is 0 Å². The van der Waals surface area contributed by atoms with E-state index in [1.807, 2.05) is 24.3 Å². The molecule has 1 aliphatic rings. The van der Waals surface area contributed by atoms with Crippen molar-refractivity contribution in [1.29, 1.82) is 0 Å². The van der Waals surface area contributed by atoms with Crippen molar-refractivity contribution in [2.24, 2.45) is 0 Å². The molecule has 5 rings (SSSR count). The van der Waals surface area contributed by atoms with Crippen LogP contribution in [0.3, 0.4) is 0 Å². The number of carbonyl (C=O) groups excluding carboxylic acids is 2. The highest BCUT2D eigenvalue weighted by Crippen LogP contribution is 2.30. The summed E-state index contributed by atoms with van der Waals surface area (Å²) in [5.74, 6) is -1.10. The number of alkyl halides is 3. The van der Waals surface area contributed by atoms with E-state index in [9.17, 15) is 22.8 Å². The lowest BCUT2D eigenvalue weighted by Gasteiger charge is -2.19. The Hall–Kier alpha value is -4.17. The molecule has 2 N–H and O–H groups in total. The number of hydrogen-bond donors (Lipinski definition) is 2. The van der Waals surface area contributed by atoms with Gasteiger partial charge in [-0.1, -0.05) is 66.7 Å². The first-order valence-corrected chi connectivity index (χ1v) is 12.8. The first-order chi connectivity index (χ1) is 18.8. The van der Waals surface area contributed by atoms with Crippen LogP contribution in [0.1, 0.15) is 27.9 Å². The Morgan fingerprint density at radius 2 is 1.64 bits per heavy atom. The minimum atomic E-state index is -4.54. The fraction of sp³-hybridized carbons (Fsp3) is 0.226. The van der Waals surface area contributed by atoms with Gasteiger partial charge in [-0.05, 0) is 58.1 Å². The van der Waals surface area contributed by atoms with Crippen molar-refractivity contribution in [2.75, 3.05) is 19.6 Å². The van der Waals surface area contributed by atoms with Gasteiger partial charge in [0.15, 0.2) is 0 Å². The first kappa shape index (κ1) is 26.4. The Morgan fingerprint density at radius 3 is 2.46 bits per heavy atom. The van der Waals surface area contributed by atoms with E-state index in [1.165, 1.54) is 34.0 Å². The number of amides is 2. The summed E-state index contributed by atoms with van der Waals surface area (Å²) in [6, 6.07) is 27.1.